The van der Waals surface area contributed by atoms with Gasteiger partial charge in [-0.25, -0.2) is 4.79 Å². The van der Waals surface area contributed by atoms with Crippen LogP contribution in [0.1, 0.15) is 24.1 Å². The number of nitrogens with zero attached hydrogens (tertiary/aromatic N) is 2. The number of carbonyl (C=O) groups excluding carboxylic acids is 1. The summed E-state index contributed by atoms with van der Waals surface area (Å²) >= 11 is 1.80. The van der Waals surface area contributed by atoms with Crippen LogP contribution in [0.3, 0.4) is 0 Å². The van der Waals surface area contributed by atoms with Crippen molar-refractivity contribution in [3.8, 4) is 0 Å². The normalized spacial score (nSPS) is 27.3. The highest BCUT2D eigenvalue weighted by Crippen LogP contribution is 2.36. The van der Waals surface area contributed by atoms with E-state index in [1.165, 1.54) is 17.7 Å². The Hall–Kier alpha value is -1.65. The Bertz CT molecular complexity index is 692. The molecule has 6 nitrogen and oxygen atoms in total. The first-order valence-corrected chi connectivity index (χ1v) is 10.6. The van der Waals surface area contributed by atoms with E-state index in [1.807, 2.05) is 0 Å². The van der Waals surface area contributed by atoms with Gasteiger partial charge in [0.05, 0.1) is 12.0 Å². The summed E-state index contributed by atoms with van der Waals surface area (Å²) in [6.45, 7) is 5.57. The van der Waals surface area contributed by atoms with Crippen molar-refractivity contribution in [2.24, 2.45) is 11.8 Å². The number of carboxylic acids is 1. The lowest BCUT2D eigenvalue weighted by Crippen LogP contribution is -2.52. The number of fused-ring (bicyclic) bond motifs is 1. The first-order valence-electron chi connectivity index (χ1n) is 9.71. The number of alkyl halides is 3. The summed E-state index contributed by atoms with van der Waals surface area (Å²) in [5.41, 5.74) is 0. The summed E-state index contributed by atoms with van der Waals surface area (Å²) < 4.78 is 37.7. The molecular formula is C19H25F3N2O4S. The molecule has 29 heavy (non-hydrogen) atoms. The van der Waals surface area contributed by atoms with Crippen LogP contribution in [0.15, 0.2) is 17.5 Å². The monoisotopic (exact) mass is 434 g/mol. The van der Waals surface area contributed by atoms with E-state index in [1.54, 1.807) is 11.3 Å². The van der Waals surface area contributed by atoms with E-state index in [0.29, 0.717) is 11.8 Å². The molecule has 10 heteroatoms. The Kier molecular flexibility index (Phi) is 7.18. The fourth-order valence-electron chi connectivity index (χ4n) is 4.24. The Balaban J connectivity index is 0.000000298. The van der Waals surface area contributed by atoms with Crippen molar-refractivity contribution < 1.29 is 32.6 Å². The Morgan fingerprint density at radius 1 is 1.24 bits per heavy atom. The maximum absolute atomic E-state index is 12.9. The van der Waals surface area contributed by atoms with Crippen LogP contribution in [0.5, 0.6) is 0 Å². The Morgan fingerprint density at radius 3 is 2.52 bits per heavy atom. The van der Waals surface area contributed by atoms with E-state index >= 15 is 0 Å². The molecule has 0 aromatic carbocycles. The molecule has 0 bridgehead atoms. The lowest BCUT2D eigenvalue weighted by Gasteiger charge is -2.40. The van der Waals surface area contributed by atoms with Crippen LogP contribution in [0.2, 0.25) is 0 Å². The van der Waals surface area contributed by atoms with Crippen molar-refractivity contribution >= 4 is 23.2 Å². The molecule has 0 spiro atoms. The lowest BCUT2D eigenvalue weighted by molar-refractivity contribution is -0.192. The zero-order valence-corrected chi connectivity index (χ0v) is 16.8. The number of halogens is 3. The second-order valence-corrected chi connectivity index (χ2v) is 8.61. The van der Waals surface area contributed by atoms with Gasteiger partial charge in [0.2, 0.25) is 5.91 Å². The first kappa shape index (κ1) is 22.0. The van der Waals surface area contributed by atoms with Crippen molar-refractivity contribution in [1.82, 2.24) is 9.80 Å². The van der Waals surface area contributed by atoms with E-state index in [9.17, 15) is 18.0 Å². The SMILES string of the molecule is O=C(O)C(F)(F)F.O=C([C@@H]1CN(Cc2cccs2)C[C@H]2OCC[C@H]21)N1CCCC1. The molecule has 3 atom stereocenters. The van der Waals surface area contributed by atoms with Crippen molar-refractivity contribution in [2.75, 3.05) is 32.8 Å². The molecule has 0 radical (unpaired) electrons. The van der Waals surface area contributed by atoms with Gasteiger partial charge in [-0.3, -0.25) is 9.69 Å². The number of likely N-dealkylation sites (tertiary alicyclic amines) is 2. The number of amides is 1. The minimum atomic E-state index is -5.08. The van der Waals surface area contributed by atoms with Crippen LogP contribution < -0.4 is 0 Å². The molecule has 3 saturated heterocycles. The zero-order valence-electron chi connectivity index (χ0n) is 15.9. The molecule has 3 fully saturated rings. The molecular weight excluding hydrogens is 409 g/mol. The zero-order chi connectivity index (χ0) is 21.0. The van der Waals surface area contributed by atoms with Crippen LogP contribution in [-0.2, 0) is 20.9 Å². The predicted octanol–water partition coefficient (Wildman–Crippen LogP) is 2.84. The number of hydrogen-bond acceptors (Lipinski definition) is 5. The maximum atomic E-state index is 12.9. The maximum Gasteiger partial charge on any atom is 0.490 e. The van der Waals surface area contributed by atoms with Crippen molar-refractivity contribution in [1.29, 1.82) is 0 Å². The van der Waals surface area contributed by atoms with Crippen LogP contribution in [-0.4, -0.2) is 71.8 Å². The van der Waals surface area contributed by atoms with Gasteiger partial charge >= 0.3 is 12.1 Å². The van der Waals surface area contributed by atoms with Gasteiger partial charge in [-0.2, -0.15) is 13.2 Å². The smallest absolute Gasteiger partial charge is 0.475 e. The predicted molar refractivity (Wildman–Crippen MR) is 100 cm³/mol. The molecule has 0 unspecified atom stereocenters. The van der Waals surface area contributed by atoms with Gasteiger partial charge < -0.3 is 14.7 Å². The Labute approximate surface area is 171 Å². The van der Waals surface area contributed by atoms with E-state index in [-0.39, 0.29) is 12.0 Å². The van der Waals surface area contributed by atoms with E-state index in [0.717, 1.165) is 45.8 Å². The van der Waals surface area contributed by atoms with E-state index in [4.69, 9.17) is 14.6 Å². The second-order valence-electron chi connectivity index (χ2n) is 7.58. The average Bonchev–Trinajstić information content (AvgIpc) is 3.42. The first-order chi connectivity index (χ1) is 13.8. The summed E-state index contributed by atoms with van der Waals surface area (Å²) in [6, 6.07) is 4.29. The van der Waals surface area contributed by atoms with Crippen LogP contribution in [0.4, 0.5) is 13.2 Å². The fourth-order valence-corrected chi connectivity index (χ4v) is 4.99. The summed E-state index contributed by atoms with van der Waals surface area (Å²) in [5, 5.41) is 9.25. The molecule has 162 valence electrons. The molecule has 1 N–H and O–H groups in total. The van der Waals surface area contributed by atoms with E-state index < -0.39 is 12.1 Å². The molecule has 0 aliphatic carbocycles. The van der Waals surface area contributed by atoms with Crippen LogP contribution in [0.25, 0.3) is 0 Å². The highest BCUT2D eigenvalue weighted by Gasteiger charge is 2.45. The lowest BCUT2D eigenvalue weighted by atomic mass is 9.82. The molecule has 1 aromatic heterocycles. The fraction of sp³-hybridized carbons (Fsp3) is 0.684. The molecule has 1 amide bonds. The molecule has 4 heterocycles. The van der Waals surface area contributed by atoms with Gasteiger partial charge in [-0.15, -0.1) is 11.3 Å². The summed E-state index contributed by atoms with van der Waals surface area (Å²) in [7, 11) is 0. The van der Waals surface area contributed by atoms with Gasteiger partial charge in [0.25, 0.3) is 0 Å². The second kappa shape index (κ2) is 9.44. The summed E-state index contributed by atoms with van der Waals surface area (Å²) in [5.74, 6) is -1.80. The number of hydrogen-bond donors (Lipinski definition) is 1. The largest absolute Gasteiger partial charge is 0.490 e. The number of thiophene rings is 1. The van der Waals surface area contributed by atoms with Gasteiger partial charge in [-0.05, 0) is 30.7 Å². The highest BCUT2D eigenvalue weighted by molar-refractivity contribution is 7.09. The topological polar surface area (TPSA) is 70.1 Å². The number of ether oxygens (including phenoxy) is 1. The van der Waals surface area contributed by atoms with Gasteiger partial charge in [0.1, 0.15) is 0 Å². The standard InChI is InChI=1S/C17H24N2O2S.C2HF3O2/c20-17(19-6-1-2-7-19)15-11-18(10-13-4-3-9-22-13)12-16-14(15)5-8-21-16;3-2(4,5)1(6)7/h3-4,9,14-16H,1-2,5-8,10-12H2;(H,6,7)/t14-,15+,16+;/m0./s1. The average molecular weight is 434 g/mol. The van der Waals surface area contributed by atoms with E-state index in [2.05, 4.69) is 27.3 Å². The minimum Gasteiger partial charge on any atom is -0.475 e. The third-order valence-corrected chi connectivity index (χ3v) is 6.47. The molecule has 4 rings (SSSR count). The number of rotatable bonds is 3. The third kappa shape index (κ3) is 5.70. The van der Waals surface area contributed by atoms with Crippen LogP contribution in [0, 0.1) is 11.8 Å². The number of piperidine rings is 1. The molecule has 3 aliphatic heterocycles. The van der Waals surface area contributed by atoms with Gasteiger partial charge in [-0.1, -0.05) is 6.07 Å². The summed E-state index contributed by atoms with van der Waals surface area (Å²) in [6.07, 6.45) is -1.43. The van der Waals surface area contributed by atoms with Crippen molar-refractivity contribution in [3.05, 3.63) is 22.4 Å². The minimum absolute atomic E-state index is 0.138. The molecule has 1 aromatic rings. The molecule has 0 saturated carbocycles. The van der Waals surface area contributed by atoms with Crippen molar-refractivity contribution in [2.45, 2.75) is 38.1 Å². The number of carbonyl (C=O) groups is 2. The quantitative estimate of drug-likeness (QED) is 0.792. The summed E-state index contributed by atoms with van der Waals surface area (Å²) in [4.78, 5) is 27.7. The van der Waals surface area contributed by atoms with Crippen molar-refractivity contribution in [3.63, 3.8) is 0 Å². The Morgan fingerprint density at radius 2 is 1.93 bits per heavy atom. The van der Waals surface area contributed by atoms with Gasteiger partial charge in [0, 0.05) is 50.1 Å². The van der Waals surface area contributed by atoms with Crippen LogP contribution >= 0.6 is 11.3 Å². The third-order valence-electron chi connectivity index (χ3n) is 5.61. The molecule has 3 aliphatic rings. The number of aliphatic carboxylic acids is 1. The highest BCUT2D eigenvalue weighted by atomic mass is 32.1. The number of carboxylic acid groups (broad SMARTS) is 1. The van der Waals surface area contributed by atoms with Gasteiger partial charge in [0.15, 0.2) is 0 Å².